The highest BCUT2D eigenvalue weighted by Crippen LogP contribution is 2.31. The Morgan fingerprint density at radius 3 is 2.15 bits per heavy atom. The highest BCUT2D eigenvalue weighted by molar-refractivity contribution is 7.89. The summed E-state index contributed by atoms with van der Waals surface area (Å²) in [4.78, 5) is 12.8. The minimum absolute atomic E-state index is 0.197. The van der Waals surface area contributed by atoms with Gasteiger partial charge in [0.15, 0.2) is 0 Å². The van der Waals surface area contributed by atoms with Crippen molar-refractivity contribution in [1.29, 1.82) is 0 Å². The Kier molecular flexibility index (Phi) is 6.11. The zero-order chi connectivity index (χ0) is 19.6. The monoisotopic (exact) mass is 426 g/mol. The number of benzene rings is 2. The van der Waals surface area contributed by atoms with Gasteiger partial charge < -0.3 is 5.32 Å². The minimum Gasteiger partial charge on any atom is -0.323 e. The first-order valence-corrected chi connectivity index (χ1v) is 10.8. The van der Waals surface area contributed by atoms with E-state index < -0.39 is 10.0 Å². The van der Waals surface area contributed by atoms with Gasteiger partial charge >= 0.3 is 0 Å². The highest BCUT2D eigenvalue weighted by Gasteiger charge is 2.32. The van der Waals surface area contributed by atoms with Crippen LogP contribution in [0.15, 0.2) is 47.4 Å². The van der Waals surface area contributed by atoms with E-state index in [1.807, 2.05) is 6.92 Å². The molecular weight excluding hydrogens is 407 g/mol. The summed E-state index contributed by atoms with van der Waals surface area (Å²) in [5.41, 5.74) is 1.39. The Balaban J connectivity index is 1.64. The molecular formula is C19H20Cl2N2O3S. The van der Waals surface area contributed by atoms with E-state index in [0.717, 1.165) is 5.56 Å². The number of carbonyl (C=O) groups excluding carboxylic acids is 1. The summed E-state index contributed by atoms with van der Waals surface area (Å²) in [6.45, 7) is 2.50. The van der Waals surface area contributed by atoms with Gasteiger partial charge in [0.25, 0.3) is 0 Å². The smallest absolute Gasteiger partial charge is 0.243 e. The van der Waals surface area contributed by atoms with E-state index in [0.29, 0.717) is 41.7 Å². The minimum atomic E-state index is -3.54. The molecule has 0 spiro atoms. The van der Waals surface area contributed by atoms with Gasteiger partial charge in [0.1, 0.15) is 0 Å². The van der Waals surface area contributed by atoms with E-state index in [4.69, 9.17) is 23.2 Å². The number of sulfonamides is 1. The number of aryl methyl sites for hydroxylation is 1. The molecule has 0 bridgehead atoms. The molecule has 5 nitrogen and oxygen atoms in total. The number of halogens is 2. The van der Waals surface area contributed by atoms with Crippen molar-refractivity contribution in [2.24, 2.45) is 5.92 Å². The Hall–Kier alpha value is -1.60. The summed E-state index contributed by atoms with van der Waals surface area (Å²) in [7, 11) is -3.54. The van der Waals surface area contributed by atoms with Gasteiger partial charge in [0.2, 0.25) is 15.9 Å². The van der Waals surface area contributed by atoms with Crippen molar-refractivity contribution in [2.75, 3.05) is 18.4 Å². The van der Waals surface area contributed by atoms with Crippen LogP contribution in [0, 0.1) is 12.8 Å². The van der Waals surface area contributed by atoms with Crippen LogP contribution in [0.25, 0.3) is 0 Å². The molecule has 1 aliphatic heterocycles. The van der Waals surface area contributed by atoms with Gasteiger partial charge in [-0.1, -0.05) is 47.0 Å². The van der Waals surface area contributed by atoms with Crippen molar-refractivity contribution in [2.45, 2.75) is 24.7 Å². The van der Waals surface area contributed by atoms with Crippen molar-refractivity contribution in [3.8, 4) is 0 Å². The van der Waals surface area contributed by atoms with E-state index in [1.54, 1.807) is 42.5 Å². The molecule has 1 amide bonds. The van der Waals surface area contributed by atoms with Crippen LogP contribution < -0.4 is 5.32 Å². The molecule has 0 unspecified atom stereocenters. The maximum absolute atomic E-state index is 12.7. The first-order valence-electron chi connectivity index (χ1n) is 8.61. The van der Waals surface area contributed by atoms with Crippen molar-refractivity contribution >= 4 is 44.8 Å². The Morgan fingerprint density at radius 2 is 1.59 bits per heavy atom. The lowest BCUT2D eigenvalue weighted by Gasteiger charge is -2.30. The Bertz CT molecular complexity index is 918. The molecule has 8 heteroatoms. The average Bonchev–Trinajstić information content (AvgIpc) is 2.65. The molecule has 1 aliphatic rings. The summed E-state index contributed by atoms with van der Waals surface area (Å²) in [6, 6.07) is 11.8. The van der Waals surface area contributed by atoms with Crippen LogP contribution in [0.3, 0.4) is 0 Å². The zero-order valence-electron chi connectivity index (χ0n) is 14.8. The van der Waals surface area contributed by atoms with Crippen LogP contribution in [0.1, 0.15) is 18.4 Å². The normalized spacial score (nSPS) is 16.3. The molecule has 144 valence electrons. The van der Waals surface area contributed by atoms with Gasteiger partial charge in [-0.05, 0) is 44.0 Å². The molecule has 2 aromatic carbocycles. The summed E-state index contributed by atoms with van der Waals surface area (Å²) in [5.74, 6) is -0.487. The second-order valence-corrected chi connectivity index (χ2v) is 9.33. The molecule has 2 aromatic rings. The molecule has 1 heterocycles. The molecule has 0 radical (unpaired) electrons. The predicted octanol–water partition coefficient (Wildman–Crippen LogP) is 4.34. The lowest BCUT2D eigenvalue weighted by atomic mass is 9.97. The van der Waals surface area contributed by atoms with E-state index in [-0.39, 0.29) is 16.7 Å². The fourth-order valence-corrected chi connectivity index (χ4v) is 5.02. The van der Waals surface area contributed by atoms with E-state index in [9.17, 15) is 13.2 Å². The summed E-state index contributed by atoms with van der Waals surface area (Å²) >= 11 is 12.2. The van der Waals surface area contributed by atoms with Gasteiger partial charge in [-0.15, -0.1) is 0 Å². The number of nitrogens with zero attached hydrogens (tertiary/aromatic N) is 1. The summed E-state index contributed by atoms with van der Waals surface area (Å²) in [5, 5.41) is 3.51. The third-order valence-corrected chi connectivity index (χ3v) is 7.24. The van der Waals surface area contributed by atoms with Gasteiger partial charge in [0, 0.05) is 19.0 Å². The topological polar surface area (TPSA) is 66.5 Å². The number of rotatable bonds is 4. The quantitative estimate of drug-likeness (QED) is 0.790. The Labute approximate surface area is 169 Å². The summed E-state index contributed by atoms with van der Waals surface area (Å²) in [6.07, 6.45) is 0.887. The van der Waals surface area contributed by atoms with Crippen LogP contribution in [0.4, 0.5) is 5.69 Å². The standard InChI is InChI=1S/C19H20Cl2N2O3S/c1-13-5-7-15(8-6-13)27(25,26)23-11-9-14(10-12-23)19(24)22-18-16(20)3-2-4-17(18)21/h2-8,14H,9-12H2,1H3,(H,22,24). The fraction of sp³-hybridized carbons (Fsp3) is 0.316. The lowest BCUT2D eigenvalue weighted by molar-refractivity contribution is -0.120. The van der Waals surface area contributed by atoms with E-state index >= 15 is 0 Å². The second-order valence-electron chi connectivity index (χ2n) is 6.58. The van der Waals surface area contributed by atoms with Gasteiger partial charge in [-0.3, -0.25) is 4.79 Å². The van der Waals surface area contributed by atoms with E-state index in [1.165, 1.54) is 4.31 Å². The molecule has 1 N–H and O–H groups in total. The third-order valence-electron chi connectivity index (χ3n) is 4.69. The second kappa shape index (κ2) is 8.19. The molecule has 1 fully saturated rings. The SMILES string of the molecule is Cc1ccc(S(=O)(=O)N2CCC(C(=O)Nc3c(Cl)cccc3Cl)CC2)cc1. The maximum atomic E-state index is 12.7. The average molecular weight is 427 g/mol. The first kappa shape index (κ1) is 20.1. The molecule has 0 aromatic heterocycles. The molecule has 3 rings (SSSR count). The van der Waals surface area contributed by atoms with Crippen molar-refractivity contribution in [3.63, 3.8) is 0 Å². The molecule has 27 heavy (non-hydrogen) atoms. The first-order chi connectivity index (χ1) is 12.8. The van der Waals surface area contributed by atoms with Crippen LogP contribution in [-0.2, 0) is 14.8 Å². The fourth-order valence-electron chi connectivity index (χ4n) is 3.06. The molecule has 0 atom stereocenters. The van der Waals surface area contributed by atoms with Crippen LogP contribution >= 0.6 is 23.2 Å². The van der Waals surface area contributed by atoms with Crippen LogP contribution in [0.2, 0.25) is 10.0 Å². The maximum Gasteiger partial charge on any atom is 0.243 e. The number of nitrogens with one attached hydrogen (secondary N) is 1. The number of anilines is 1. The molecule has 0 saturated carbocycles. The van der Waals surface area contributed by atoms with Gasteiger partial charge in [-0.25, -0.2) is 8.42 Å². The number of hydrogen-bond donors (Lipinski definition) is 1. The highest BCUT2D eigenvalue weighted by atomic mass is 35.5. The molecule has 1 saturated heterocycles. The van der Waals surface area contributed by atoms with Crippen molar-refractivity contribution in [3.05, 3.63) is 58.1 Å². The lowest BCUT2D eigenvalue weighted by Crippen LogP contribution is -2.41. The zero-order valence-corrected chi connectivity index (χ0v) is 17.1. The number of piperidine rings is 1. The number of carbonyl (C=O) groups is 1. The molecule has 0 aliphatic carbocycles. The third kappa shape index (κ3) is 4.46. The van der Waals surface area contributed by atoms with E-state index in [2.05, 4.69) is 5.32 Å². The van der Waals surface area contributed by atoms with Crippen LogP contribution in [-0.4, -0.2) is 31.7 Å². The number of amides is 1. The largest absolute Gasteiger partial charge is 0.323 e. The van der Waals surface area contributed by atoms with Crippen molar-refractivity contribution < 1.29 is 13.2 Å². The van der Waals surface area contributed by atoms with Crippen molar-refractivity contribution in [1.82, 2.24) is 4.31 Å². The number of para-hydroxylation sites is 1. The number of hydrogen-bond acceptors (Lipinski definition) is 3. The predicted molar refractivity (Wildman–Crippen MR) is 108 cm³/mol. The van der Waals surface area contributed by atoms with Gasteiger partial charge in [0.05, 0.1) is 20.6 Å². The van der Waals surface area contributed by atoms with Crippen LogP contribution in [0.5, 0.6) is 0 Å². The Morgan fingerprint density at radius 1 is 1.04 bits per heavy atom. The summed E-state index contributed by atoms with van der Waals surface area (Å²) < 4.78 is 26.9. The van der Waals surface area contributed by atoms with Gasteiger partial charge in [-0.2, -0.15) is 4.31 Å².